The van der Waals surface area contributed by atoms with Gasteiger partial charge in [0.2, 0.25) is 0 Å². The minimum absolute atomic E-state index is 0.912. The summed E-state index contributed by atoms with van der Waals surface area (Å²) in [7, 11) is 0. The van der Waals surface area contributed by atoms with Gasteiger partial charge in [-0.25, -0.2) is 0 Å². The van der Waals surface area contributed by atoms with Gasteiger partial charge in [-0.15, -0.1) is 0 Å². The smallest absolute Gasteiger partial charge is 0.0743 e. The maximum Gasteiger partial charge on any atom is 0.0743 e. The molecule has 1 aromatic heterocycles. The second kappa shape index (κ2) is 5.70. The van der Waals surface area contributed by atoms with E-state index in [1.54, 1.807) is 0 Å². The fourth-order valence-corrected chi connectivity index (χ4v) is 2.51. The third-order valence-electron chi connectivity index (χ3n) is 3.51. The maximum atomic E-state index is 4.70. The molecule has 0 bridgehead atoms. The Labute approximate surface area is 119 Å². The monoisotopic (exact) mass is 259 g/mol. The molecule has 0 spiro atoms. The van der Waals surface area contributed by atoms with Crippen LogP contribution in [0.5, 0.6) is 0 Å². The predicted molar refractivity (Wildman–Crippen MR) is 85.7 cm³/mol. The van der Waals surface area contributed by atoms with Crippen LogP contribution in [-0.2, 0) is 6.42 Å². The van der Waals surface area contributed by atoms with Crippen molar-refractivity contribution >= 4 is 10.8 Å². The Kier molecular flexibility index (Phi) is 3.60. The fourth-order valence-electron chi connectivity index (χ4n) is 2.51. The number of pyridine rings is 1. The molecule has 0 amide bonds. The first-order valence-electron chi connectivity index (χ1n) is 6.93. The van der Waals surface area contributed by atoms with E-state index in [2.05, 4.69) is 67.6 Å². The molecule has 0 aliphatic carbocycles. The summed E-state index contributed by atoms with van der Waals surface area (Å²) in [5, 5.41) is 2.49. The SMILES string of the molecule is CC=CCc1c(-c2ccccc2)ncc2ccccc12. The van der Waals surface area contributed by atoms with Crippen molar-refractivity contribution in [3.05, 3.63) is 78.5 Å². The lowest BCUT2D eigenvalue weighted by Crippen LogP contribution is -1.94. The molecule has 0 fully saturated rings. The van der Waals surface area contributed by atoms with Gasteiger partial charge in [-0.05, 0) is 24.3 Å². The average Bonchev–Trinajstić information content (AvgIpc) is 2.53. The lowest BCUT2D eigenvalue weighted by atomic mass is 9.97. The van der Waals surface area contributed by atoms with E-state index in [9.17, 15) is 0 Å². The first-order chi connectivity index (χ1) is 9.90. The lowest BCUT2D eigenvalue weighted by molar-refractivity contribution is 1.22. The van der Waals surface area contributed by atoms with Crippen molar-refractivity contribution in [3.63, 3.8) is 0 Å². The van der Waals surface area contributed by atoms with Gasteiger partial charge in [0.1, 0.15) is 0 Å². The minimum atomic E-state index is 0.912. The number of allylic oxidation sites excluding steroid dienone is 2. The van der Waals surface area contributed by atoms with E-state index >= 15 is 0 Å². The summed E-state index contributed by atoms with van der Waals surface area (Å²) < 4.78 is 0. The molecule has 1 heteroatoms. The first kappa shape index (κ1) is 12.6. The van der Waals surface area contributed by atoms with Gasteiger partial charge in [-0.1, -0.05) is 66.7 Å². The van der Waals surface area contributed by atoms with Crippen molar-refractivity contribution in [2.75, 3.05) is 0 Å². The average molecular weight is 259 g/mol. The van der Waals surface area contributed by atoms with Gasteiger partial charge in [0.15, 0.2) is 0 Å². The van der Waals surface area contributed by atoms with E-state index in [4.69, 9.17) is 4.98 Å². The standard InChI is InChI=1S/C19H17N/c1-2-3-12-18-17-13-8-7-11-16(17)14-20-19(18)15-9-5-4-6-10-15/h2-11,13-14H,12H2,1H3. The Morgan fingerprint density at radius 3 is 2.50 bits per heavy atom. The van der Waals surface area contributed by atoms with Gasteiger partial charge in [-0.3, -0.25) is 4.98 Å². The van der Waals surface area contributed by atoms with Crippen LogP contribution in [0.15, 0.2) is 72.9 Å². The van der Waals surface area contributed by atoms with Crippen molar-refractivity contribution < 1.29 is 0 Å². The van der Waals surface area contributed by atoms with Crippen LogP contribution in [0.1, 0.15) is 12.5 Å². The molecule has 0 N–H and O–H groups in total. The van der Waals surface area contributed by atoms with Crippen LogP contribution in [0.3, 0.4) is 0 Å². The molecule has 0 unspecified atom stereocenters. The highest BCUT2D eigenvalue weighted by molar-refractivity contribution is 5.89. The Morgan fingerprint density at radius 1 is 0.950 bits per heavy atom. The minimum Gasteiger partial charge on any atom is -0.255 e. The molecule has 3 rings (SSSR count). The molecule has 1 nitrogen and oxygen atoms in total. The summed E-state index contributed by atoms with van der Waals surface area (Å²) in [5.41, 5.74) is 3.56. The molecular weight excluding hydrogens is 242 g/mol. The number of hydrogen-bond donors (Lipinski definition) is 0. The van der Waals surface area contributed by atoms with Crippen molar-refractivity contribution in [2.45, 2.75) is 13.3 Å². The van der Waals surface area contributed by atoms with Gasteiger partial charge in [-0.2, -0.15) is 0 Å². The van der Waals surface area contributed by atoms with Crippen LogP contribution in [0.2, 0.25) is 0 Å². The summed E-state index contributed by atoms with van der Waals surface area (Å²) >= 11 is 0. The third kappa shape index (κ3) is 2.35. The van der Waals surface area contributed by atoms with Crippen molar-refractivity contribution in [1.82, 2.24) is 4.98 Å². The van der Waals surface area contributed by atoms with E-state index in [0.717, 1.165) is 12.1 Å². The molecule has 0 saturated heterocycles. The zero-order valence-electron chi connectivity index (χ0n) is 11.6. The van der Waals surface area contributed by atoms with Gasteiger partial charge < -0.3 is 0 Å². The highest BCUT2D eigenvalue weighted by Crippen LogP contribution is 2.28. The molecule has 0 atom stereocenters. The third-order valence-corrected chi connectivity index (χ3v) is 3.51. The van der Waals surface area contributed by atoms with Crippen molar-refractivity contribution in [1.29, 1.82) is 0 Å². The van der Waals surface area contributed by atoms with Crippen LogP contribution >= 0.6 is 0 Å². The van der Waals surface area contributed by atoms with Gasteiger partial charge >= 0.3 is 0 Å². The zero-order valence-corrected chi connectivity index (χ0v) is 11.6. The van der Waals surface area contributed by atoms with Gasteiger partial charge in [0, 0.05) is 17.1 Å². The van der Waals surface area contributed by atoms with E-state index in [0.29, 0.717) is 0 Å². The van der Waals surface area contributed by atoms with Crippen LogP contribution in [-0.4, -0.2) is 4.98 Å². The van der Waals surface area contributed by atoms with E-state index < -0.39 is 0 Å². The largest absolute Gasteiger partial charge is 0.255 e. The zero-order chi connectivity index (χ0) is 13.8. The maximum absolute atomic E-state index is 4.70. The molecule has 2 aromatic carbocycles. The number of aromatic nitrogens is 1. The van der Waals surface area contributed by atoms with Gasteiger partial charge in [0.25, 0.3) is 0 Å². The molecule has 3 aromatic rings. The van der Waals surface area contributed by atoms with E-state index in [-0.39, 0.29) is 0 Å². The predicted octanol–water partition coefficient (Wildman–Crippen LogP) is 5.02. The number of hydrogen-bond acceptors (Lipinski definition) is 1. The Hall–Kier alpha value is -2.41. The molecule has 0 aliphatic rings. The summed E-state index contributed by atoms with van der Waals surface area (Å²) in [4.78, 5) is 4.70. The quantitative estimate of drug-likeness (QED) is 0.602. The molecule has 20 heavy (non-hydrogen) atoms. The molecule has 98 valence electrons. The van der Waals surface area contributed by atoms with Crippen LogP contribution in [0, 0.1) is 0 Å². The van der Waals surface area contributed by atoms with Crippen LogP contribution in [0.25, 0.3) is 22.0 Å². The molecule has 0 radical (unpaired) electrons. The first-order valence-corrected chi connectivity index (χ1v) is 6.93. The molecule has 0 aliphatic heterocycles. The van der Waals surface area contributed by atoms with Crippen LogP contribution in [0.4, 0.5) is 0 Å². The number of benzene rings is 2. The second-order valence-corrected chi connectivity index (χ2v) is 4.81. The lowest BCUT2D eigenvalue weighted by Gasteiger charge is -2.11. The summed E-state index contributed by atoms with van der Waals surface area (Å²) in [6, 6.07) is 18.9. The number of nitrogens with zero attached hydrogens (tertiary/aromatic N) is 1. The highest BCUT2D eigenvalue weighted by Gasteiger charge is 2.09. The number of rotatable bonds is 3. The normalized spacial score (nSPS) is 11.2. The second-order valence-electron chi connectivity index (χ2n) is 4.81. The molecule has 1 heterocycles. The molecule has 0 saturated carbocycles. The Morgan fingerprint density at radius 2 is 1.70 bits per heavy atom. The number of fused-ring (bicyclic) bond motifs is 1. The van der Waals surface area contributed by atoms with E-state index in [1.165, 1.54) is 21.9 Å². The topological polar surface area (TPSA) is 12.9 Å². The summed E-state index contributed by atoms with van der Waals surface area (Å²) in [6.07, 6.45) is 7.17. The van der Waals surface area contributed by atoms with Crippen molar-refractivity contribution in [3.8, 4) is 11.3 Å². The van der Waals surface area contributed by atoms with Gasteiger partial charge in [0.05, 0.1) is 5.69 Å². The highest BCUT2D eigenvalue weighted by atomic mass is 14.7. The van der Waals surface area contributed by atoms with Crippen molar-refractivity contribution in [2.24, 2.45) is 0 Å². The summed E-state index contributed by atoms with van der Waals surface area (Å²) in [5.74, 6) is 0. The summed E-state index contributed by atoms with van der Waals surface area (Å²) in [6.45, 7) is 2.06. The Balaban J connectivity index is 2.26. The Bertz CT molecular complexity index is 742. The van der Waals surface area contributed by atoms with Crippen LogP contribution < -0.4 is 0 Å². The fraction of sp³-hybridized carbons (Fsp3) is 0.105. The molecular formula is C19H17N. The van der Waals surface area contributed by atoms with E-state index in [1.807, 2.05) is 12.3 Å².